The molecule has 0 saturated carbocycles. The van der Waals surface area contributed by atoms with Crippen LogP contribution in [-0.2, 0) is 16.2 Å². The first-order valence-electron chi connectivity index (χ1n) is 11.0. The van der Waals surface area contributed by atoms with E-state index in [1.165, 1.54) is 6.21 Å². The second-order valence-electron chi connectivity index (χ2n) is 7.47. The summed E-state index contributed by atoms with van der Waals surface area (Å²) in [6.07, 6.45) is 3.44. The molecule has 9 heteroatoms. The van der Waals surface area contributed by atoms with Crippen LogP contribution in [0.15, 0.2) is 71.8 Å². The van der Waals surface area contributed by atoms with E-state index in [-0.39, 0.29) is 0 Å². The highest BCUT2D eigenvalue weighted by atomic mass is 35.5. The highest BCUT2D eigenvalue weighted by Gasteiger charge is 2.12. The van der Waals surface area contributed by atoms with Crippen LogP contribution in [0.3, 0.4) is 0 Å². The Labute approximate surface area is 214 Å². The number of anilines is 1. The molecule has 7 nitrogen and oxygen atoms in total. The average molecular weight is 514 g/mol. The molecule has 182 valence electrons. The van der Waals surface area contributed by atoms with Crippen molar-refractivity contribution in [2.24, 2.45) is 5.10 Å². The van der Waals surface area contributed by atoms with Crippen molar-refractivity contribution in [3.05, 3.63) is 87.9 Å². The Kier molecular flexibility index (Phi) is 9.95. The lowest BCUT2D eigenvalue weighted by molar-refractivity contribution is -0.136. The molecule has 0 fully saturated rings. The Hall–Kier alpha value is -3.55. The van der Waals surface area contributed by atoms with Crippen molar-refractivity contribution in [1.82, 2.24) is 5.43 Å². The molecule has 3 aromatic rings. The van der Waals surface area contributed by atoms with E-state index < -0.39 is 11.8 Å². The summed E-state index contributed by atoms with van der Waals surface area (Å²) in [5.41, 5.74) is 4.21. The van der Waals surface area contributed by atoms with E-state index in [9.17, 15) is 9.59 Å². The monoisotopic (exact) mass is 513 g/mol. The van der Waals surface area contributed by atoms with Crippen LogP contribution in [0.5, 0.6) is 11.5 Å². The summed E-state index contributed by atoms with van der Waals surface area (Å²) in [5, 5.41) is 7.44. The third kappa shape index (κ3) is 8.63. The van der Waals surface area contributed by atoms with Crippen LogP contribution in [0, 0.1) is 0 Å². The Balaban J connectivity index is 1.43. The minimum Gasteiger partial charge on any atom is -0.494 e. The van der Waals surface area contributed by atoms with Crippen LogP contribution < -0.4 is 20.2 Å². The van der Waals surface area contributed by atoms with Crippen LogP contribution in [0.2, 0.25) is 10.0 Å². The van der Waals surface area contributed by atoms with Crippen LogP contribution in [0.4, 0.5) is 5.69 Å². The third-order valence-corrected chi connectivity index (χ3v) is 5.34. The molecule has 0 bridgehead atoms. The van der Waals surface area contributed by atoms with Gasteiger partial charge < -0.3 is 14.8 Å². The summed E-state index contributed by atoms with van der Waals surface area (Å²) < 4.78 is 11.3. The van der Waals surface area contributed by atoms with Crippen molar-refractivity contribution in [2.45, 2.75) is 26.4 Å². The van der Waals surface area contributed by atoms with Gasteiger partial charge in [0, 0.05) is 21.3 Å². The summed E-state index contributed by atoms with van der Waals surface area (Å²) in [5.74, 6) is -0.371. The summed E-state index contributed by atoms with van der Waals surface area (Å²) in [6.45, 7) is 3.02. The van der Waals surface area contributed by atoms with E-state index in [0.29, 0.717) is 46.0 Å². The summed E-state index contributed by atoms with van der Waals surface area (Å²) in [7, 11) is 0. The number of hydrogen-bond acceptors (Lipinski definition) is 5. The van der Waals surface area contributed by atoms with Gasteiger partial charge >= 0.3 is 11.8 Å². The highest BCUT2D eigenvalue weighted by molar-refractivity contribution is 6.39. The van der Waals surface area contributed by atoms with E-state index in [2.05, 4.69) is 22.8 Å². The van der Waals surface area contributed by atoms with Crippen LogP contribution in [0.1, 0.15) is 30.9 Å². The van der Waals surface area contributed by atoms with E-state index in [1.807, 2.05) is 6.07 Å². The molecule has 0 atom stereocenters. The minimum atomic E-state index is -0.885. The second kappa shape index (κ2) is 13.4. The lowest BCUT2D eigenvalue weighted by Crippen LogP contribution is -2.32. The van der Waals surface area contributed by atoms with Gasteiger partial charge in [0.1, 0.15) is 18.1 Å². The van der Waals surface area contributed by atoms with E-state index in [4.69, 9.17) is 32.7 Å². The Bertz CT molecular complexity index is 1170. The number of unbranched alkanes of at least 4 members (excludes halogenated alkanes) is 1. The van der Waals surface area contributed by atoms with Crippen molar-refractivity contribution >= 4 is 46.9 Å². The van der Waals surface area contributed by atoms with Crippen molar-refractivity contribution in [2.75, 3.05) is 11.9 Å². The molecule has 0 aliphatic carbocycles. The number of benzene rings is 3. The Morgan fingerprint density at radius 2 is 1.60 bits per heavy atom. The molecule has 2 N–H and O–H groups in total. The standard InChI is InChI=1S/C26H25Cl2N3O4/c1-2-3-14-34-22-12-8-21(9-13-22)30-25(32)26(33)31-29-16-18-4-10-23(11-5-18)35-17-19-6-7-20(27)15-24(19)28/h4-13,15-16H,2-3,14,17H2,1H3,(H,30,32)(H,31,33)/b29-16-. The number of nitrogens with zero attached hydrogens (tertiary/aromatic N) is 1. The molecule has 0 unspecified atom stereocenters. The zero-order chi connectivity index (χ0) is 25.0. The van der Waals surface area contributed by atoms with Crippen molar-refractivity contribution < 1.29 is 19.1 Å². The number of rotatable bonds is 10. The molecular formula is C26H25Cl2N3O4. The zero-order valence-corrected chi connectivity index (χ0v) is 20.6. The van der Waals surface area contributed by atoms with Gasteiger partial charge in [-0.15, -0.1) is 0 Å². The van der Waals surface area contributed by atoms with Gasteiger partial charge in [-0.3, -0.25) is 9.59 Å². The zero-order valence-electron chi connectivity index (χ0n) is 19.1. The van der Waals surface area contributed by atoms with Gasteiger partial charge in [0.2, 0.25) is 0 Å². The molecule has 0 saturated heterocycles. The molecular weight excluding hydrogens is 489 g/mol. The van der Waals surface area contributed by atoms with Crippen LogP contribution in [0.25, 0.3) is 0 Å². The minimum absolute atomic E-state index is 0.295. The lowest BCUT2D eigenvalue weighted by Gasteiger charge is -2.08. The van der Waals surface area contributed by atoms with Gasteiger partial charge in [-0.25, -0.2) is 5.43 Å². The Morgan fingerprint density at radius 3 is 2.29 bits per heavy atom. The summed E-state index contributed by atoms with van der Waals surface area (Å²) in [6, 6.07) is 19.1. The molecule has 35 heavy (non-hydrogen) atoms. The quantitative estimate of drug-likeness (QED) is 0.154. The number of amides is 2. The largest absolute Gasteiger partial charge is 0.494 e. The summed E-state index contributed by atoms with van der Waals surface area (Å²) >= 11 is 12.0. The van der Waals surface area contributed by atoms with E-state index in [0.717, 1.165) is 18.4 Å². The van der Waals surface area contributed by atoms with Gasteiger partial charge in [-0.1, -0.05) is 42.6 Å². The first-order chi connectivity index (χ1) is 16.9. The first kappa shape index (κ1) is 26.1. The van der Waals surface area contributed by atoms with Crippen molar-refractivity contribution in [3.8, 4) is 11.5 Å². The number of halogens is 2. The van der Waals surface area contributed by atoms with Crippen LogP contribution >= 0.6 is 23.2 Å². The molecule has 0 heterocycles. The first-order valence-corrected chi connectivity index (χ1v) is 11.7. The van der Waals surface area contributed by atoms with E-state index >= 15 is 0 Å². The fourth-order valence-electron chi connectivity index (χ4n) is 2.82. The molecule has 0 aliphatic heterocycles. The topological polar surface area (TPSA) is 89.0 Å². The molecule has 0 aliphatic rings. The second-order valence-corrected chi connectivity index (χ2v) is 8.32. The normalized spacial score (nSPS) is 10.7. The number of hydrazone groups is 1. The van der Waals surface area contributed by atoms with Crippen molar-refractivity contribution in [3.63, 3.8) is 0 Å². The maximum Gasteiger partial charge on any atom is 0.329 e. The smallest absolute Gasteiger partial charge is 0.329 e. The molecule has 0 spiro atoms. The maximum absolute atomic E-state index is 12.1. The molecule has 3 rings (SSSR count). The Morgan fingerprint density at radius 1 is 0.914 bits per heavy atom. The predicted octanol–water partition coefficient (Wildman–Crippen LogP) is 5.84. The van der Waals surface area contributed by atoms with E-state index in [1.54, 1.807) is 60.7 Å². The maximum atomic E-state index is 12.1. The van der Waals surface area contributed by atoms with Crippen LogP contribution in [-0.4, -0.2) is 24.6 Å². The van der Waals surface area contributed by atoms with Gasteiger partial charge in [0.25, 0.3) is 0 Å². The predicted molar refractivity (Wildman–Crippen MR) is 138 cm³/mol. The SMILES string of the molecule is CCCCOc1ccc(NC(=O)C(=O)N/N=C\c2ccc(OCc3ccc(Cl)cc3Cl)cc2)cc1. The number of carbonyl (C=O) groups excluding carboxylic acids is 2. The summed E-state index contributed by atoms with van der Waals surface area (Å²) in [4.78, 5) is 24.1. The lowest BCUT2D eigenvalue weighted by atomic mass is 10.2. The molecule has 0 radical (unpaired) electrons. The van der Waals surface area contributed by atoms with Gasteiger partial charge in [-0.05, 0) is 72.6 Å². The third-order valence-electron chi connectivity index (χ3n) is 4.75. The molecule has 3 aromatic carbocycles. The fourth-order valence-corrected chi connectivity index (χ4v) is 3.29. The highest BCUT2D eigenvalue weighted by Crippen LogP contribution is 2.23. The van der Waals surface area contributed by atoms with Crippen molar-refractivity contribution in [1.29, 1.82) is 0 Å². The number of hydrogen-bond donors (Lipinski definition) is 2. The molecule has 2 amide bonds. The van der Waals surface area contributed by atoms with Gasteiger partial charge in [-0.2, -0.15) is 5.10 Å². The number of carbonyl (C=O) groups is 2. The number of nitrogens with one attached hydrogen (secondary N) is 2. The molecule has 0 aromatic heterocycles. The van der Waals surface area contributed by atoms with Gasteiger partial charge in [0.15, 0.2) is 0 Å². The van der Waals surface area contributed by atoms with Gasteiger partial charge in [0.05, 0.1) is 12.8 Å². The fraction of sp³-hybridized carbons (Fsp3) is 0.192. The average Bonchev–Trinajstić information content (AvgIpc) is 2.85. The number of ether oxygens (including phenoxy) is 2.